The van der Waals surface area contributed by atoms with Crippen LogP contribution >= 0.6 is 11.3 Å². The third-order valence-corrected chi connectivity index (χ3v) is 5.87. The number of hydrogen-bond donors (Lipinski definition) is 0. The maximum Gasteiger partial charge on any atom is 0.160 e. The van der Waals surface area contributed by atoms with E-state index in [1.807, 2.05) is 12.1 Å². The summed E-state index contributed by atoms with van der Waals surface area (Å²) in [5.74, 6) is 1.02. The predicted molar refractivity (Wildman–Crippen MR) is 100 cm³/mol. The van der Waals surface area contributed by atoms with Gasteiger partial charge in [-0.25, -0.2) is 0 Å². The van der Waals surface area contributed by atoms with Crippen LogP contribution in [0.15, 0.2) is 18.2 Å². The number of carbonyl (C=O) groups is 1. The number of aryl methyl sites for hydroxylation is 1. The quantitative estimate of drug-likeness (QED) is 0.771. The molecule has 0 N–H and O–H groups in total. The van der Waals surface area contributed by atoms with Crippen molar-refractivity contribution in [2.24, 2.45) is 0 Å². The van der Waals surface area contributed by atoms with E-state index in [1.54, 1.807) is 7.11 Å². The van der Waals surface area contributed by atoms with Crippen LogP contribution in [0.3, 0.4) is 0 Å². The number of hydrogen-bond acceptors (Lipinski definition) is 4. The second-order valence-electron chi connectivity index (χ2n) is 6.37. The van der Waals surface area contributed by atoms with E-state index in [2.05, 4.69) is 23.1 Å². The number of anilines is 1. The molecular weight excluding hydrogens is 318 g/mol. The van der Waals surface area contributed by atoms with Crippen LogP contribution in [0.1, 0.15) is 44.1 Å². The highest BCUT2D eigenvalue weighted by molar-refractivity contribution is 7.14. The minimum atomic E-state index is 0.762. The first kappa shape index (κ1) is 15.5. The zero-order valence-corrected chi connectivity index (χ0v) is 14.7. The summed E-state index contributed by atoms with van der Waals surface area (Å²) in [6.07, 6.45) is 9.79. The van der Waals surface area contributed by atoms with Gasteiger partial charge in [0.2, 0.25) is 0 Å². The predicted octanol–water partition coefficient (Wildman–Crippen LogP) is 4.44. The van der Waals surface area contributed by atoms with Crippen LogP contribution in [0, 0.1) is 0 Å². The van der Waals surface area contributed by atoms with Gasteiger partial charge < -0.3 is 9.64 Å². The molecule has 0 aliphatic carbocycles. The van der Waals surface area contributed by atoms with Gasteiger partial charge >= 0.3 is 0 Å². The van der Waals surface area contributed by atoms with Gasteiger partial charge in [-0.05, 0) is 61.6 Å². The number of carbonyl (C=O) groups excluding carboxylic acids is 1. The summed E-state index contributed by atoms with van der Waals surface area (Å²) in [4.78, 5) is 15.2. The highest BCUT2D eigenvalue weighted by Crippen LogP contribution is 2.43. The number of aldehydes is 1. The maximum absolute atomic E-state index is 10.8. The molecule has 24 heavy (non-hydrogen) atoms. The Bertz CT molecular complexity index is 804. The molecule has 124 valence electrons. The number of ether oxygens (including phenoxy) is 1. The minimum absolute atomic E-state index is 0.762. The smallest absolute Gasteiger partial charge is 0.160 e. The lowest BCUT2D eigenvalue weighted by Crippen LogP contribution is -2.34. The zero-order chi connectivity index (χ0) is 16.5. The van der Waals surface area contributed by atoms with E-state index >= 15 is 0 Å². The molecule has 4 rings (SSSR count). The Kier molecular flexibility index (Phi) is 4.15. The van der Waals surface area contributed by atoms with Crippen molar-refractivity contribution in [3.63, 3.8) is 0 Å². The third kappa shape index (κ3) is 2.65. The van der Waals surface area contributed by atoms with Crippen LogP contribution in [0.25, 0.3) is 12.2 Å². The van der Waals surface area contributed by atoms with Gasteiger partial charge in [0.1, 0.15) is 5.75 Å². The van der Waals surface area contributed by atoms with Crippen LogP contribution < -0.4 is 9.64 Å². The molecule has 0 atom stereocenters. The molecule has 0 saturated carbocycles. The Morgan fingerprint density at radius 2 is 1.92 bits per heavy atom. The SMILES string of the molecule is COc1c(C=Cc2ccc(C=O)s2)cc2c3c1CCCN3CCC2. The summed E-state index contributed by atoms with van der Waals surface area (Å²) in [7, 11) is 1.77. The van der Waals surface area contributed by atoms with E-state index in [0.29, 0.717) is 0 Å². The van der Waals surface area contributed by atoms with Crippen molar-refractivity contribution in [3.8, 4) is 5.75 Å². The summed E-state index contributed by atoms with van der Waals surface area (Å²) in [5, 5.41) is 0. The van der Waals surface area contributed by atoms with E-state index in [9.17, 15) is 4.79 Å². The molecule has 2 aliphatic rings. The van der Waals surface area contributed by atoms with Gasteiger partial charge in [-0.2, -0.15) is 0 Å². The second-order valence-corrected chi connectivity index (χ2v) is 7.52. The molecule has 3 heterocycles. The first-order chi connectivity index (χ1) is 11.8. The van der Waals surface area contributed by atoms with E-state index in [-0.39, 0.29) is 0 Å². The highest BCUT2D eigenvalue weighted by atomic mass is 32.1. The summed E-state index contributed by atoms with van der Waals surface area (Å²) < 4.78 is 5.80. The second kappa shape index (κ2) is 6.44. The van der Waals surface area contributed by atoms with Crippen molar-refractivity contribution in [3.05, 3.63) is 44.6 Å². The Labute approximate surface area is 146 Å². The van der Waals surface area contributed by atoms with Gasteiger partial charge in [0.05, 0.1) is 12.0 Å². The molecule has 1 aromatic heterocycles. The summed E-state index contributed by atoms with van der Waals surface area (Å²) in [5.41, 5.74) is 5.41. The monoisotopic (exact) mass is 339 g/mol. The normalized spacial score (nSPS) is 16.3. The first-order valence-electron chi connectivity index (χ1n) is 8.51. The van der Waals surface area contributed by atoms with E-state index < -0.39 is 0 Å². The Morgan fingerprint density at radius 3 is 2.67 bits per heavy atom. The number of nitrogens with zero attached hydrogens (tertiary/aromatic N) is 1. The zero-order valence-electron chi connectivity index (χ0n) is 13.9. The fraction of sp³-hybridized carbons (Fsp3) is 0.350. The summed E-state index contributed by atoms with van der Waals surface area (Å²) in [6.45, 7) is 2.34. The fourth-order valence-electron chi connectivity index (χ4n) is 3.91. The molecule has 0 spiro atoms. The Balaban J connectivity index is 1.76. The summed E-state index contributed by atoms with van der Waals surface area (Å²) >= 11 is 1.51. The molecular formula is C20H21NO2S. The van der Waals surface area contributed by atoms with Gasteiger partial charge in [0.15, 0.2) is 6.29 Å². The molecule has 2 aliphatic heterocycles. The van der Waals surface area contributed by atoms with E-state index in [0.717, 1.165) is 40.2 Å². The molecule has 4 heteroatoms. The van der Waals surface area contributed by atoms with Crippen LogP contribution in [0.2, 0.25) is 0 Å². The van der Waals surface area contributed by atoms with Gasteiger partial charge in [-0.3, -0.25) is 4.79 Å². The summed E-state index contributed by atoms with van der Waals surface area (Å²) in [6, 6.07) is 6.14. The van der Waals surface area contributed by atoms with Crippen molar-refractivity contribution in [1.29, 1.82) is 0 Å². The average molecular weight is 339 g/mol. The average Bonchev–Trinajstić information content (AvgIpc) is 3.08. The molecule has 0 saturated heterocycles. The van der Waals surface area contributed by atoms with Crippen molar-refractivity contribution < 1.29 is 9.53 Å². The molecule has 0 fully saturated rings. The van der Waals surface area contributed by atoms with Crippen LogP contribution in [-0.4, -0.2) is 26.5 Å². The number of thiophene rings is 1. The first-order valence-corrected chi connectivity index (χ1v) is 9.32. The standard InChI is InChI=1S/C20H21NO2S/c1-23-20-15(6-7-16-8-9-17(13-22)24-16)12-14-4-2-10-21-11-3-5-18(20)19(14)21/h6-9,12-13H,2-5,10-11H2,1H3. The molecule has 0 radical (unpaired) electrons. The lowest BCUT2D eigenvalue weighted by molar-refractivity contribution is 0.112. The van der Waals surface area contributed by atoms with Crippen molar-refractivity contribution in [2.45, 2.75) is 25.7 Å². The van der Waals surface area contributed by atoms with Gasteiger partial charge in [0.25, 0.3) is 0 Å². The fourth-order valence-corrected chi connectivity index (χ4v) is 4.64. The molecule has 0 bridgehead atoms. The van der Waals surface area contributed by atoms with Gasteiger partial charge in [-0.15, -0.1) is 11.3 Å². The third-order valence-electron chi connectivity index (χ3n) is 4.90. The van der Waals surface area contributed by atoms with Crippen molar-refractivity contribution >= 4 is 35.5 Å². The number of methoxy groups -OCH3 is 1. The van der Waals surface area contributed by atoms with E-state index in [4.69, 9.17) is 4.74 Å². The topological polar surface area (TPSA) is 29.5 Å². The van der Waals surface area contributed by atoms with Crippen molar-refractivity contribution in [1.82, 2.24) is 0 Å². The number of benzene rings is 1. The Hall–Kier alpha value is -2.07. The van der Waals surface area contributed by atoms with Crippen LogP contribution in [-0.2, 0) is 12.8 Å². The maximum atomic E-state index is 10.8. The largest absolute Gasteiger partial charge is 0.496 e. The van der Waals surface area contributed by atoms with Crippen LogP contribution in [0.5, 0.6) is 5.75 Å². The molecule has 2 aromatic rings. The molecule has 3 nitrogen and oxygen atoms in total. The van der Waals surface area contributed by atoms with Crippen LogP contribution in [0.4, 0.5) is 5.69 Å². The van der Waals surface area contributed by atoms with Gasteiger partial charge in [0, 0.05) is 34.8 Å². The molecule has 1 aromatic carbocycles. The lowest BCUT2D eigenvalue weighted by Gasteiger charge is -2.38. The lowest BCUT2D eigenvalue weighted by atomic mass is 9.89. The molecule has 0 amide bonds. The highest BCUT2D eigenvalue weighted by Gasteiger charge is 2.27. The van der Waals surface area contributed by atoms with E-state index in [1.165, 1.54) is 54.1 Å². The minimum Gasteiger partial charge on any atom is -0.496 e. The number of rotatable bonds is 4. The Morgan fingerprint density at radius 1 is 1.12 bits per heavy atom. The van der Waals surface area contributed by atoms with Crippen molar-refractivity contribution in [2.75, 3.05) is 25.1 Å². The van der Waals surface area contributed by atoms with Gasteiger partial charge in [-0.1, -0.05) is 0 Å². The molecule has 0 unspecified atom stereocenters.